The van der Waals surface area contributed by atoms with Gasteiger partial charge in [-0.15, -0.1) is 0 Å². The summed E-state index contributed by atoms with van der Waals surface area (Å²) >= 11 is 12.0. The number of rotatable bonds is 2. The van der Waals surface area contributed by atoms with Crippen LogP contribution in [0.5, 0.6) is 0 Å². The molecule has 0 saturated heterocycles. The van der Waals surface area contributed by atoms with E-state index in [1.54, 1.807) is 36.4 Å². The van der Waals surface area contributed by atoms with Crippen LogP contribution in [-0.2, 0) is 0 Å². The Labute approximate surface area is 146 Å². The van der Waals surface area contributed by atoms with Crippen LogP contribution < -0.4 is 5.56 Å². The first-order chi connectivity index (χ1) is 11.5. The van der Waals surface area contributed by atoms with Crippen molar-refractivity contribution < 1.29 is 5.11 Å². The summed E-state index contributed by atoms with van der Waals surface area (Å²) in [5.74, 6) is -0.240. The topological polar surface area (TPSA) is 89.8 Å². The van der Waals surface area contributed by atoms with Gasteiger partial charge < -0.3 is 10.1 Å². The number of aliphatic hydroxyl groups is 1. The number of H-pyrrole nitrogens is 1. The fourth-order valence-corrected chi connectivity index (χ4v) is 2.57. The zero-order valence-corrected chi connectivity index (χ0v) is 13.6. The average Bonchev–Trinajstić information content (AvgIpc) is 2.57. The molecular weight excluding hydrogens is 349 g/mol. The molecule has 2 N–H and O–H groups in total. The first kappa shape index (κ1) is 16.1. The van der Waals surface area contributed by atoms with Crippen LogP contribution in [0.2, 0.25) is 10.0 Å². The molecule has 0 saturated carbocycles. The number of hydrogen-bond acceptors (Lipinski definition) is 4. The number of nitrogens with one attached hydrogen (secondary N) is 1. The lowest BCUT2D eigenvalue weighted by Gasteiger charge is -2.05. The van der Waals surface area contributed by atoms with Gasteiger partial charge in [0.05, 0.1) is 32.7 Å². The highest BCUT2D eigenvalue weighted by Gasteiger charge is 2.10. The predicted octanol–water partition coefficient (Wildman–Crippen LogP) is 4.16. The summed E-state index contributed by atoms with van der Waals surface area (Å²) in [6, 6.07) is 11.5. The van der Waals surface area contributed by atoms with E-state index < -0.39 is 5.56 Å². The summed E-state index contributed by atoms with van der Waals surface area (Å²) in [6.45, 7) is 0. The minimum absolute atomic E-state index is 0.00821. The molecule has 1 aromatic heterocycles. The lowest BCUT2D eigenvalue weighted by molar-refractivity contribution is 0.515. The maximum absolute atomic E-state index is 12.1. The molecule has 0 radical (unpaired) electrons. The van der Waals surface area contributed by atoms with Crippen molar-refractivity contribution in [1.82, 2.24) is 9.97 Å². The Hall–Kier alpha value is -2.81. The van der Waals surface area contributed by atoms with Gasteiger partial charge in [-0.2, -0.15) is 5.26 Å². The molecule has 0 bridgehead atoms. The first-order valence-corrected chi connectivity index (χ1v) is 7.54. The molecule has 0 atom stereocenters. The number of benzene rings is 2. The van der Waals surface area contributed by atoms with E-state index in [9.17, 15) is 9.90 Å². The fourth-order valence-electron chi connectivity index (χ4n) is 2.17. The van der Waals surface area contributed by atoms with Crippen molar-refractivity contribution >= 4 is 46.1 Å². The van der Waals surface area contributed by atoms with Crippen molar-refractivity contribution in [2.45, 2.75) is 0 Å². The van der Waals surface area contributed by atoms with Crippen molar-refractivity contribution in [2.75, 3.05) is 0 Å². The van der Waals surface area contributed by atoms with E-state index in [1.165, 1.54) is 6.08 Å². The Morgan fingerprint density at radius 1 is 1.29 bits per heavy atom. The monoisotopic (exact) mass is 357 g/mol. The summed E-state index contributed by atoms with van der Waals surface area (Å²) < 4.78 is 0. The second kappa shape index (κ2) is 6.36. The minimum Gasteiger partial charge on any atom is -0.507 e. The molecule has 0 spiro atoms. The molecule has 0 fully saturated rings. The zero-order chi connectivity index (χ0) is 17.3. The Kier molecular flexibility index (Phi) is 4.26. The van der Waals surface area contributed by atoms with E-state index in [1.807, 2.05) is 6.07 Å². The van der Waals surface area contributed by atoms with Gasteiger partial charge in [-0.3, -0.25) is 4.79 Å². The number of nitriles is 1. The molecule has 1 heterocycles. The zero-order valence-electron chi connectivity index (χ0n) is 12.0. The van der Waals surface area contributed by atoms with Crippen LogP contribution in [0.1, 0.15) is 16.8 Å². The first-order valence-electron chi connectivity index (χ1n) is 6.79. The van der Waals surface area contributed by atoms with E-state index >= 15 is 0 Å². The second-order valence-corrected chi connectivity index (χ2v) is 5.71. The quantitative estimate of drug-likeness (QED) is 0.673. The average molecular weight is 358 g/mol. The molecule has 0 aliphatic rings. The van der Waals surface area contributed by atoms with E-state index in [0.29, 0.717) is 16.6 Å². The third kappa shape index (κ3) is 2.98. The fraction of sp³-hybridized carbons (Fsp3) is 0. The Morgan fingerprint density at radius 2 is 2.08 bits per heavy atom. The molecule has 2 aromatic carbocycles. The summed E-state index contributed by atoms with van der Waals surface area (Å²) in [4.78, 5) is 19.0. The minimum atomic E-state index is -0.475. The van der Waals surface area contributed by atoms with Gasteiger partial charge in [-0.05, 0) is 30.3 Å². The maximum Gasteiger partial charge on any atom is 0.274 e. The van der Waals surface area contributed by atoms with Gasteiger partial charge in [0.25, 0.3) is 5.56 Å². The molecule has 0 aliphatic carbocycles. The molecule has 0 amide bonds. The Bertz CT molecular complexity index is 1080. The highest BCUT2D eigenvalue weighted by molar-refractivity contribution is 6.43. The number of hydrogen-bond donors (Lipinski definition) is 2. The highest BCUT2D eigenvalue weighted by Crippen LogP contribution is 2.30. The van der Waals surface area contributed by atoms with E-state index in [-0.39, 0.29) is 27.1 Å². The molecule has 7 heteroatoms. The summed E-state index contributed by atoms with van der Waals surface area (Å²) in [7, 11) is 0. The van der Waals surface area contributed by atoms with Gasteiger partial charge in [-0.25, -0.2) is 4.98 Å². The molecule has 0 unspecified atom stereocenters. The standard InChI is InChI=1S/C17H9Cl2N3O2/c18-11-3-1-2-10(16(11)19)15(23)7-14-17(24)22-12-5-4-9(8-20)6-13(12)21-14/h1-7,23H,(H,22,24). The summed E-state index contributed by atoms with van der Waals surface area (Å²) in [5.41, 5.74) is 1.15. The Balaban J connectivity index is 2.15. The summed E-state index contributed by atoms with van der Waals surface area (Å²) in [5, 5.41) is 19.7. The van der Waals surface area contributed by atoms with Gasteiger partial charge in [0, 0.05) is 11.6 Å². The lowest BCUT2D eigenvalue weighted by Crippen LogP contribution is -2.12. The van der Waals surface area contributed by atoms with Crippen molar-refractivity contribution in [1.29, 1.82) is 5.26 Å². The smallest absolute Gasteiger partial charge is 0.274 e. The highest BCUT2D eigenvalue weighted by atomic mass is 35.5. The van der Waals surface area contributed by atoms with E-state index in [0.717, 1.165) is 0 Å². The third-order valence-electron chi connectivity index (χ3n) is 3.35. The van der Waals surface area contributed by atoms with Crippen LogP contribution in [0.15, 0.2) is 41.2 Å². The predicted molar refractivity (Wildman–Crippen MR) is 94.0 cm³/mol. The molecular formula is C17H9Cl2N3O2. The Morgan fingerprint density at radius 3 is 2.83 bits per heavy atom. The van der Waals surface area contributed by atoms with Gasteiger partial charge in [0.15, 0.2) is 0 Å². The molecule has 3 rings (SSSR count). The van der Waals surface area contributed by atoms with Crippen molar-refractivity contribution in [3.63, 3.8) is 0 Å². The van der Waals surface area contributed by atoms with Crippen molar-refractivity contribution in [2.24, 2.45) is 0 Å². The van der Waals surface area contributed by atoms with Crippen LogP contribution in [0.4, 0.5) is 0 Å². The van der Waals surface area contributed by atoms with Gasteiger partial charge in [0.2, 0.25) is 0 Å². The number of aliphatic hydroxyl groups excluding tert-OH is 1. The number of nitrogens with zero attached hydrogens (tertiary/aromatic N) is 2. The van der Waals surface area contributed by atoms with Gasteiger partial charge >= 0.3 is 0 Å². The largest absolute Gasteiger partial charge is 0.507 e. The molecule has 5 nitrogen and oxygen atoms in total. The van der Waals surface area contributed by atoms with E-state index in [4.69, 9.17) is 28.5 Å². The van der Waals surface area contributed by atoms with Crippen molar-refractivity contribution in [3.05, 3.63) is 73.6 Å². The molecule has 118 valence electrons. The molecule has 24 heavy (non-hydrogen) atoms. The number of fused-ring (bicyclic) bond motifs is 1. The van der Waals surface area contributed by atoms with Gasteiger partial charge in [-0.1, -0.05) is 29.3 Å². The molecule has 0 aliphatic heterocycles. The SMILES string of the molecule is N#Cc1ccc2[nH]c(=O)c(C=C(O)c3cccc(Cl)c3Cl)nc2c1. The number of halogens is 2. The van der Waals surface area contributed by atoms with Crippen molar-refractivity contribution in [3.8, 4) is 6.07 Å². The normalized spacial score (nSPS) is 11.5. The van der Waals surface area contributed by atoms with Crippen LogP contribution in [0, 0.1) is 11.3 Å². The summed E-state index contributed by atoms with van der Waals surface area (Å²) in [6.07, 6.45) is 1.20. The van der Waals surface area contributed by atoms with Crippen LogP contribution in [0.3, 0.4) is 0 Å². The van der Waals surface area contributed by atoms with Crippen LogP contribution in [0.25, 0.3) is 22.9 Å². The van der Waals surface area contributed by atoms with Crippen LogP contribution in [-0.4, -0.2) is 15.1 Å². The van der Waals surface area contributed by atoms with Crippen LogP contribution >= 0.6 is 23.2 Å². The van der Waals surface area contributed by atoms with Gasteiger partial charge in [0.1, 0.15) is 11.5 Å². The second-order valence-electron chi connectivity index (χ2n) is 4.93. The molecule has 3 aromatic rings. The maximum atomic E-state index is 12.1. The third-order valence-corrected chi connectivity index (χ3v) is 4.17. The number of aromatic amines is 1. The van der Waals surface area contributed by atoms with E-state index in [2.05, 4.69) is 9.97 Å². The lowest BCUT2D eigenvalue weighted by atomic mass is 10.1. The number of aromatic nitrogens is 2.